The SMILES string of the molecule is O=C(O)CCc1ccc(NC(=O)c2cccc(NC(=O)C3CCCO3)c2)cc1. The van der Waals surface area contributed by atoms with Crippen molar-refractivity contribution in [2.45, 2.75) is 31.8 Å². The number of aryl methyl sites for hydroxylation is 1. The molecule has 0 spiro atoms. The molecule has 1 aliphatic heterocycles. The maximum absolute atomic E-state index is 12.5. The van der Waals surface area contributed by atoms with Crippen molar-refractivity contribution in [2.24, 2.45) is 0 Å². The summed E-state index contributed by atoms with van der Waals surface area (Å²) in [7, 11) is 0. The van der Waals surface area contributed by atoms with Crippen molar-refractivity contribution in [3.05, 3.63) is 59.7 Å². The molecular weight excluding hydrogens is 360 g/mol. The number of nitrogens with one attached hydrogen (secondary N) is 2. The molecule has 2 aromatic rings. The summed E-state index contributed by atoms with van der Waals surface area (Å²) in [6, 6.07) is 13.8. The number of carbonyl (C=O) groups excluding carboxylic acids is 2. The smallest absolute Gasteiger partial charge is 0.303 e. The molecule has 7 heteroatoms. The van der Waals surface area contributed by atoms with E-state index in [1.165, 1.54) is 0 Å². The Bertz CT molecular complexity index is 857. The second kappa shape index (κ2) is 9.14. The fourth-order valence-electron chi connectivity index (χ4n) is 2.95. The number of hydrogen-bond donors (Lipinski definition) is 3. The lowest BCUT2D eigenvalue weighted by Crippen LogP contribution is -2.27. The zero-order chi connectivity index (χ0) is 19.9. The van der Waals surface area contributed by atoms with Crippen molar-refractivity contribution < 1.29 is 24.2 Å². The molecule has 28 heavy (non-hydrogen) atoms. The third-order valence-electron chi connectivity index (χ3n) is 4.45. The molecule has 3 N–H and O–H groups in total. The van der Waals surface area contributed by atoms with Crippen LogP contribution in [0, 0.1) is 0 Å². The topological polar surface area (TPSA) is 105 Å². The number of hydrogen-bond acceptors (Lipinski definition) is 4. The van der Waals surface area contributed by atoms with Crippen molar-refractivity contribution >= 4 is 29.2 Å². The van der Waals surface area contributed by atoms with Crippen LogP contribution in [0.1, 0.15) is 35.2 Å². The van der Waals surface area contributed by atoms with Crippen LogP contribution >= 0.6 is 0 Å². The zero-order valence-electron chi connectivity index (χ0n) is 15.3. The van der Waals surface area contributed by atoms with Crippen molar-refractivity contribution in [2.75, 3.05) is 17.2 Å². The quantitative estimate of drug-likeness (QED) is 0.683. The molecule has 2 aromatic carbocycles. The number of rotatable bonds is 7. The van der Waals surface area contributed by atoms with Gasteiger partial charge in [0.2, 0.25) is 0 Å². The van der Waals surface area contributed by atoms with Crippen LogP contribution in [-0.2, 0) is 20.7 Å². The van der Waals surface area contributed by atoms with Crippen LogP contribution < -0.4 is 10.6 Å². The predicted molar refractivity (Wildman–Crippen MR) is 104 cm³/mol. The normalized spacial score (nSPS) is 15.8. The highest BCUT2D eigenvalue weighted by Crippen LogP contribution is 2.18. The van der Waals surface area contributed by atoms with Gasteiger partial charge in [-0.15, -0.1) is 0 Å². The van der Waals surface area contributed by atoms with Gasteiger partial charge in [-0.3, -0.25) is 14.4 Å². The van der Waals surface area contributed by atoms with E-state index in [0.29, 0.717) is 36.4 Å². The van der Waals surface area contributed by atoms with Crippen molar-refractivity contribution in [1.82, 2.24) is 0 Å². The highest BCUT2D eigenvalue weighted by molar-refractivity contribution is 6.05. The van der Waals surface area contributed by atoms with E-state index in [2.05, 4.69) is 10.6 Å². The fourth-order valence-corrected chi connectivity index (χ4v) is 2.95. The molecule has 0 aromatic heterocycles. The van der Waals surface area contributed by atoms with Crippen LogP contribution in [0.4, 0.5) is 11.4 Å². The van der Waals surface area contributed by atoms with E-state index in [4.69, 9.17) is 9.84 Å². The van der Waals surface area contributed by atoms with Crippen LogP contribution in [-0.4, -0.2) is 35.6 Å². The van der Waals surface area contributed by atoms with Gasteiger partial charge in [-0.2, -0.15) is 0 Å². The Morgan fingerprint density at radius 1 is 1.04 bits per heavy atom. The molecule has 7 nitrogen and oxygen atoms in total. The summed E-state index contributed by atoms with van der Waals surface area (Å²) in [5.41, 5.74) is 2.45. The minimum atomic E-state index is -0.844. The average molecular weight is 382 g/mol. The van der Waals surface area contributed by atoms with Crippen molar-refractivity contribution in [3.63, 3.8) is 0 Å². The average Bonchev–Trinajstić information content (AvgIpc) is 3.22. The molecule has 1 saturated heterocycles. The maximum atomic E-state index is 12.5. The first-order valence-corrected chi connectivity index (χ1v) is 9.16. The van der Waals surface area contributed by atoms with E-state index in [-0.39, 0.29) is 18.2 Å². The Morgan fingerprint density at radius 2 is 1.82 bits per heavy atom. The van der Waals surface area contributed by atoms with E-state index in [1.807, 2.05) is 0 Å². The monoisotopic (exact) mass is 382 g/mol. The molecule has 2 amide bonds. The number of benzene rings is 2. The molecule has 1 heterocycles. The molecule has 146 valence electrons. The number of aliphatic carboxylic acids is 1. The molecule has 0 bridgehead atoms. The van der Waals surface area contributed by atoms with E-state index >= 15 is 0 Å². The molecular formula is C21H22N2O5. The van der Waals surface area contributed by atoms with E-state index < -0.39 is 12.1 Å². The molecule has 0 saturated carbocycles. The van der Waals surface area contributed by atoms with Gasteiger partial charge in [0, 0.05) is 30.0 Å². The summed E-state index contributed by atoms with van der Waals surface area (Å²) in [5, 5.41) is 14.3. The van der Waals surface area contributed by atoms with Gasteiger partial charge in [-0.1, -0.05) is 18.2 Å². The third kappa shape index (κ3) is 5.40. The van der Waals surface area contributed by atoms with Crippen LogP contribution in [0.5, 0.6) is 0 Å². The van der Waals surface area contributed by atoms with Gasteiger partial charge in [0.15, 0.2) is 0 Å². The van der Waals surface area contributed by atoms with E-state index in [1.54, 1.807) is 48.5 Å². The van der Waals surface area contributed by atoms with Gasteiger partial charge in [0.1, 0.15) is 6.10 Å². The van der Waals surface area contributed by atoms with Crippen LogP contribution in [0.2, 0.25) is 0 Å². The zero-order valence-corrected chi connectivity index (χ0v) is 15.3. The number of carbonyl (C=O) groups is 3. The molecule has 1 fully saturated rings. The number of ether oxygens (including phenoxy) is 1. The van der Waals surface area contributed by atoms with Gasteiger partial charge in [0.05, 0.1) is 0 Å². The highest BCUT2D eigenvalue weighted by atomic mass is 16.5. The second-order valence-corrected chi connectivity index (χ2v) is 6.62. The molecule has 1 aliphatic rings. The van der Waals surface area contributed by atoms with Gasteiger partial charge < -0.3 is 20.5 Å². The van der Waals surface area contributed by atoms with E-state index in [9.17, 15) is 14.4 Å². The number of amides is 2. The van der Waals surface area contributed by atoms with Gasteiger partial charge in [-0.25, -0.2) is 0 Å². The molecule has 3 rings (SSSR count). The minimum absolute atomic E-state index is 0.0656. The van der Waals surface area contributed by atoms with E-state index in [0.717, 1.165) is 12.0 Å². The van der Waals surface area contributed by atoms with Crippen LogP contribution in [0.25, 0.3) is 0 Å². The Labute approximate surface area is 162 Å². The number of anilines is 2. The molecule has 0 aliphatic carbocycles. The number of carboxylic acid groups (broad SMARTS) is 1. The first kappa shape index (κ1) is 19.6. The summed E-state index contributed by atoms with van der Waals surface area (Å²) in [4.78, 5) is 35.2. The number of carboxylic acids is 1. The molecule has 0 radical (unpaired) electrons. The second-order valence-electron chi connectivity index (χ2n) is 6.62. The summed E-state index contributed by atoms with van der Waals surface area (Å²) in [5.74, 6) is -1.35. The Morgan fingerprint density at radius 3 is 2.50 bits per heavy atom. The summed E-state index contributed by atoms with van der Waals surface area (Å²) in [6.45, 7) is 0.593. The van der Waals surface area contributed by atoms with Gasteiger partial charge in [-0.05, 0) is 55.2 Å². The van der Waals surface area contributed by atoms with Crippen LogP contribution in [0.15, 0.2) is 48.5 Å². The van der Waals surface area contributed by atoms with Gasteiger partial charge >= 0.3 is 5.97 Å². The first-order chi connectivity index (χ1) is 13.5. The highest BCUT2D eigenvalue weighted by Gasteiger charge is 2.23. The first-order valence-electron chi connectivity index (χ1n) is 9.16. The Balaban J connectivity index is 1.59. The summed E-state index contributed by atoms with van der Waals surface area (Å²) in [6.07, 6.45) is 1.65. The molecule has 1 atom stereocenters. The lowest BCUT2D eigenvalue weighted by atomic mass is 10.1. The van der Waals surface area contributed by atoms with Gasteiger partial charge in [0.25, 0.3) is 11.8 Å². The Hall–Kier alpha value is -3.19. The summed E-state index contributed by atoms with van der Waals surface area (Å²) < 4.78 is 5.36. The predicted octanol–water partition coefficient (Wildman–Crippen LogP) is 3.07. The van der Waals surface area contributed by atoms with Crippen molar-refractivity contribution in [3.8, 4) is 0 Å². The lowest BCUT2D eigenvalue weighted by molar-refractivity contribution is -0.137. The largest absolute Gasteiger partial charge is 0.481 e. The summed E-state index contributed by atoms with van der Waals surface area (Å²) >= 11 is 0. The third-order valence-corrected chi connectivity index (χ3v) is 4.45. The Kier molecular flexibility index (Phi) is 6.39. The lowest BCUT2D eigenvalue weighted by Gasteiger charge is -2.11. The maximum Gasteiger partial charge on any atom is 0.303 e. The standard InChI is InChI=1S/C21H22N2O5/c24-19(25)11-8-14-6-9-16(10-7-14)22-20(26)15-3-1-4-17(13-15)23-21(27)18-5-2-12-28-18/h1,3-4,6-7,9-10,13,18H,2,5,8,11-12H2,(H,22,26)(H,23,27)(H,24,25). The van der Waals surface area contributed by atoms with Crippen molar-refractivity contribution in [1.29, 1.82) is 0 Å². The minimum Gasteiger partial charge on any atom is -0.481 e. The van der Waals surface area contributed by atoms with Crippen LogP contribution in [0.3, 0.4) is 0 Å². The molecule has 1 unspecified atom stereocenters. The fraction of sp³-hybridized carbons (Fsp3) is 0.286.